The van der Waals surface area contributed by atoms with Crippen LogP contribution >= 0.6 is 11.8 Å². The van der Waals surface area contributed by atoms with Gasteiger partial charge in [-0.05, 0) is 42.3 Å². The maximum absolute atomic E-state index is 12.8. The van der Waals surface area contributed by atoms with Gasteiger partial charge in [0, 0.05) is 5.75 Å². The molecule has 0 saturated heterocycles. The molecule has 2 aromatic rings. The Morgan fingerprint density at radius 3 is 2.52 bits per heavy atom. The quantitative estimate of drug-likeness (QED) is 0.743. The summed E-state index contributed by atoms with van der Waals surface area (Å²) >= 11 is 1.37. The van der Waals surface area contributed by atoms with Crippen molar-refractivity contribution in [2.45, 2.75) is 12.7 Å². The summed E-state index contributed by atoms with van der Waals surface area (Å²) in [4.78, 5) is 23.3. The molecule has 2 aromatic carbocycles. The van der Waals surface area contributed by atoms with Crippen molar-refractivity contribution in [2.24, 2.45) is 0 Å². The maximum Gasteiger partial charge on any atom is 0.276 e. The van der Waals surface area contributed by atoms with Crippen molar-refractivity contribution in [3.63, 3.8) is 0 Å². The van der Waals surface area contributed by atoms with Crippen LogP contribution in [0.4, 0.5) is 4.39 Å². The number of amides is 2. The summed E-state index contributed by atoms with van der Waals surface area (Å²) in [6.45, 7) is 1.74. The minimum absolute atomic E-state index is 0.177. The number of hydrogen-bond donors (Lipinski definition) is 2. The fourth-order valence-corrected chi connectivity index (χ4v) is 2.70. The second-order valence-electron chi connectivity index (χ2n) is 5.32. The Balaban J connectivity index is 1.60. The second-order valence-corrected chi connectivity index (χ2v) is 6.31. The van der Waals surface area contributed by atoms with Gasteiger partial charge in [-0.2, -0.15) is 0 Å². The first-order chi connectivity index (χ1) is 12.0. The molecule has 0 aromatic heterocycles. The Bertz CT molecular complexity index is 723. The largest absolute Gasteiger partial charge is 0.484 e. The van der Waals surface area contributed by atoms with Gasteiger partial charge in [0.2, 0.25) is 5.91 Å². The summed E-state index contributed by atoms with van der Waals surface area (Å²) in [5, 5.41) is 0. The van der Waals surface area contributed by atoms with Crippen molar-refractivity contribution in [3.05, 3.63) is 65.5 Å². The van der Waals surface area contributed by atoms with Gasteiger partial charge in [0.1, 0.15) is 11.6 Å². The molecule has 2 rings (SSSR count). The van der Waals surface area contributed by atoms with Gasteiger partial charge < -0.3 is 4.74 Å². The number of carbonyl (C=O) groups is 2. The first-order valence-electron chi connectivity index (χ1n) is 7.62. The first kappa shape index (κ1) is 18.8. The summed E-state index contributed by atoms with van der Waals surface area (Å²) in [7, 11) is 0. The van der Waals surface area contributed by atoms with Crippen LogP contribution < -0.4 is 15.6 Å². The van der Waals surface area contributed by atoms with Gasteiger partial charge in [0.05, 0.1) is 5.75 Å². The Hall–Kier alpha value is -2.54. The summed E-state index contributed by atoms with van der Waals surface area (Å²) in [5.74, 6) is 0.293. The van der Waals surface area contributed by atoms with Gasteiger partial charge >= 0.3 is 0 Å². The minimum Gasteiger partial charge on any atom is -0.484 e. The van der Waals surface area contributed by atoms with Crippen LogP contribution in [0.15, 0.2) is 48.5 Å². The molecule has 0 aliphatic heterocycles. The second kappa shape index (κ2) is 9.68. The van der Waals surface area contributed by atoms with E-state index in [1.165, 1.54) is 23.9 Å². The van der Waals surface area contributed by atoms with E-state index in [1.807, 2.05) is 25.1 Å². The number of hydrogen-bond acceptors (Lipinski definition) is 4. The lowest BCUT2D eigenvalue weighted by Crippen LogP contribution is -2.44. The molecule has 0 spiro atoms. The highest BCUT2D eigenvalue weighted by Gasteiger charge is 2.06. The van der Waals surface area contributed by atoms with Crippen molar-refractivity contribution < 1.29 is 18.7 Å². The van der Waals surface area contributed by atoms with Gasteiger partial charge in [0.15, 0.2) is 6.61 Å². The molecular weight excluding hydrogens is 343 g/mol. The predicted molar refractivity (Wildman–Crippen MR) is 95.5 cm³/mol. The molecule has 2 N–H and O–H groups in total. The van der Waals surface area contributed by atoms with Gasteiger partial charge in [-0.3, -0.25) is 20.4 Å². The lowest BCUT2D eigenvalue weighted by atomic mass is 10.2. The molecule has 25 heavy (non-hydrogen) atoms. The Kier molecular flexibility index (Phi) is 7.28. The number of hydrazine groups is 1. The number of rotatable bonds is 7. The molecule has 0 aliphatic carbocycles. The van der Waals surface area contributed by atoms with Gasteiger partial charge in [-0.25, -0.2) is 4.39 Å². The van der Waals surface area contributed by atoms with E-state index in [-0.39, 0.29) is 24.1 Å². The van der Waals surface area contributed by atoms with Crippen LogP contribution in [0.1, 0.15) is 11.1 Å². The topological polar surface area (TPSA) is 67.4 Å². The summed E-state index contributed by atoms with van der Waals surface area (Å²) in [5.41, 5.74) is 6.58. The molecule has 0 atom stereocenters. The van der Waals surface area contributed by atoms with Crippen LogP contribution in [-0.2, 0) is 15.3 Å². The molecule has 0 aliphatic rings. The van der Waals surface area contributed by atoms with E-state index in [4.69, 9.17) is 4.74 Å². The monoisotopic (exact) mass is 362 g/mol. The fourth-order valence-electron chi connectivity index (χ4n) is 1.91. The Morgan fingerprint density at radius 1 is 1.08 bits per heavy atom. The molecule has 5 nitrogen and oxygen atoms in total. The molecule has 0 radical (unpaired) electrons. The fraction of sp³-hybridized carbons (Fsp3) is 0.222. The number of benzene rings is 2. The van der Waals surface area contributed by atoms with E-state index in [0.717, 1.165) is 11.1 Å². The van der Waals surface area contributed by atoms with Crippen molar-refractivity contribution >= 4 is 23.6 Å². The summed E-state index contributed by atoms with van der Waals surface area (Å²) < 4.78 is 18.1. The zero-order valence-corrected chi connectivity index (χ0v) is 14.6. The third kappa shape index (κ3) is 7.26. The number of carbonyl (C=O) groups excluding carboxylic acids is 2. The molecule has 0 unspecified atom stereocenters. The van der Waals surface area contributed by atoms with Gasteiger partial charge in [0.25, 0.3) is 5.91 Å². The zero-order chi connectivity index (χ0) is 18.1. The molecule has 0 heterocycles. The van der Waals surface area contributed by atoms with Crippen molar-refractivity contribution in [1.29, 1.82) is 0 Å². The SMILES string of the molecule is Cc1cccc(OCC(=O)NNC(=O)CSCc2ccc(F)cc2)c1. The number of thioether (sulfide) groups is 1. The van der Waals surface area contributed by atoms with Crippen LogP contribution in [0.5, 0.6) is 5.75 Å². The Morgan fingerprint density at radius 2 is 1.80 bits per heavy atom. The van der Waals surface area contributed by atoms with Gasteiger partial charge in [-0.1, -0.05) is 24.3 Å². The molecule has 0 saturated carbocycles. The smallest absolute Gasteiger partial charge is 0.276 e. The van der Waals surface area contributed by atoms with Crippen LogP contribution in [0.2, 0.25) is 0 Å². The predicted octanol–water partition coefficient (Wildman–Crippen LogP) is 2.59. The minimum atomic E-state index is -0.446. The lowest BCUT2D eigenvalue weighted by molar-refractivity contribution is -0.128. The van der Waals surface area contributed by atoms with Crippen LogP contribution in [0.25, 0.3) is 0 Å². The number of aryl methyl sites for hydroxylation is 1. The zero-order valence-electron chi connectivity index (χ0n) is 13.8. The third-order valence-corrected chi connectivity index (χ3v) is 4.12. The van der Waals surface area contributed by atoms with Crippen LogP contribution in [0.3, 0.4) is 0 Å². The van der Waals surface area contributed by atoms with Crippen molar-refractivity contribution in [1.82, 2.24) is 10.9 Å². The number of halogens is 1. The molecular formula is C18H19FN2O3S. The highest BCUT2D eigenvalue weighted by molar-refractivity contribution is 7.99. The van der Waals surface area contributed by atoms with E-state index in [2.05, 4.69) is 10.9 Å². The van der Waals surface area contributed by atoms with Crippen LogP contribution in [-0.4, -0.2) is 24.2 Å². The molecule has 0 fully saturated rings. The highest BCUT2D eigenvalue weighted by atomic mass is 32.2. The average molecular weight is 362 g/mol. The molecule has 2 amide bonds. The van der Waals surface area contributed by atoms with E-state index in [1.54, 1.807) is 18.2 Å². The van der Waals surface area contributed by atoms with E-state index in [0.29, 0.717) is 11.5 Å². The van der Waals surface area contributed by atoms with Crippen molar-refractivity contribution in [3.8, 4) is 5.75 Å². The normalized spacial score (nSPS) is 10.2. The van der Waals surface area contributed by atoms with Gasteiger partial charge in [-0.15, -0.1) is 11.8 Å². The maximum atomic E-state index is 12.8. The average Bonchev–Trinajstić information content (AvgIpc) is 2.60. The standard InChI is InChI=1S/C18H19FN2O3S/c1-13-3-2-4-16(9-13)24-10-17(22)20-21-18(23)12-25-11-14-5-7-15(19)8-6-14/h2-9H,10-12H2,1H3,(H,20,22)(H,21,23). The number of ether oxygens (including phenoxy) is 1. The lowest BCUT2D eigenvalue weighted by Gasteiger charge is -2.09. The first-order valence-corrected chi connectivity index (χ1v) is 8.78. The van der Waals surface area contributed by atoms with Crippen LogP contribution in [0, 0.1) is 12.7 Å². The summed E-state index contributed by atoms with van der Waals surface area (Å²) in [6, 6.07) is 13.4. The summed E-state index contributed by atoms with van der Waals surface area (Å²) in [6.07, 6.45) is 0. The van der Waals surface area contributed by atoms with E-state index >= 15 is 0 Å². The highest BCUT2D eigenvalue weighted by Crippen LogP contribution is 2.13. The number of nitrogens with one attached hydrogen (secondary N) is 2. The van der Waals surface area contributed by atoms with E-state index in [9.17, 15) is 14.0 Å². The molecule has 0 bridgehead atoms. The van der Waals surface area contributed by atoms with Crippen molar-refractivity contribution in [2.75, 3.05) is 12.4 Å². The molecule has 7 heteroatoms. The Labute approximate surface area is 149 Å². The van der Waals surface area contributed by atoms with E-state index < -0.39 is 5.91 Å². The third-order valence-electron chi connectivity index (χ3n) is 3.12. The molecule has 132 valence electrons.